The van der Waals surface area contributed by atoms with Gasteiger partial charge in [0, 0.05) is 17.4 Å². The number of hydrogen-bond acceptors (Lipinski definition) is 4. The monoisotopic (exact) mass is 297 g/mol. The lowest BCUT2D eigenvalue weighted by Crippen LogP contribution is -2.15. The van der Waals surface area contributed by atoms with Gasteiger partial charge in [-0.1, -0.05) is 11.6 Å². The molecule has 1 aromatic heterocycles. The zero-order chi connectivity index (χ0) is 14.0. The molecular formula is C12H12ClN3O2S. The summed E-state index contributed by atoms with van der Waals surface area (Å²) in [6.07, 6.45) is 4.23. The van der Waals surface area contributed by atoms with Crippen molar-refractivity contribution in [2.45, 2.75) is 18.7 Å². The summed E-state index contributed by atoms with van der Waals surface area (Å²) in [7, 11) is -3.69. The van der Waals surface area contributed by atoms with E-state index in [1.807, 2.05) is 0 Å². The van der Waals surface area contributed by atoms with Gasteiger partial charge in [0.1, 0.15) is 0 Å². The second-order valence-corrected chi connectivity index (χ2v) is 6.12. The van der Waals surface area contributed by atoms with Gasteiger partial charge in [-0.05, 0) is 37.1 Å². The zero-order valence-electron chi connectivity index (χ0n) is 10.4. The van der Waals surface area contributed by atoms with Gasteiger partial charge < -0.3 is 0 Å². The summed E-state index contributed by atoms with van der Waals surface area (Å²) in [5, 5.41) is 0.538. The van der Waals surface area contributed by atoms with Crippen molar-refractivity contribution in [3.05, 3.63) is 46.9 Å². The Morgan fingerprint density at radius 3 is 2.53 bits per heavy atom. The van der Waals surface area contributed by atoms with Crippen molar-refractivity contribution in [3.63, 3.8) is 0 Å². The van der Waals surface area contributed by atoms with E-state index in [-0.39, 0.29) is 10.7 Å². The van der Waals surface area contributed by atoms with E-state index in [0.717, 1.165) is 0 Å². The van der Waals surface area contributed by atoms with Crippen LogP contribution in [0.4, 0.5) is 5.82 Å². The van der Waals surface area contributed by atoms with E-state index in [1.165, 1.54) is 24.7 Å². The maximum atomic E-state index is 12.3. The normalized spacial score (nSPS) is 11.3. The Kier molecular flexibility index (Phi) is 3.73. The molecule has 1 aromatic carbocycles. The molecule has 0 unspecified atom stereocenters. The van der Waals surface area contributed by atoms with Crippen molar-refractivity contribution >= 4 is 27.4 Å². The van der Waals surface area contributed by atoms with E-state index in [4.69, 9.17) is 11.6 Å². The molecule has 0 spiro atoms. The van der Waals surface area contributed by atoms with Crippen LogP contribution in [0.5, 0.6) is 0 Å². The molecule has 2 aromatic rings. The molecular weight excluding hydrogens is 286 g/mol. The Bertz CT molecular complexity index is 702. The highest BCUT2D eigenvalue weighted by molar-refractivity contribution is 7.92. The first kappa shape index (κ1) is 13.8. The topological polar surface area (TPSA) is 72.0 Å². The highest BCUT2D eigenvalue weighted by Crippen LogP contribution is 2.24. The molecule has 5 nitrogen and oxygen atoms in total. The van der Waals surface area contributed by atoms with Gasteiger partial charge in [-0.25, -0.2) is 13.4 Å². The van der Waals surface area contributed by atoms with Crippen LogP contribution in [0.1, 0.15) is 11.1 Å². The fourth-order valence-corrected chi connectivity index (χ4v) is 3.11. The third-order valence-corrected chi connectivity index (χ3v) is 4.45. The van der Waals surface area contributed by atoms with Crippen LogP contribution in [0, 0.1) is 13.8 Å². The van der Waals surface area contributed by atoms with E-state index < -0.39 is 10.0 Å². The predicted octanol–water partition coefficient (Wildman–Crippen LogP) is 2.55. The van der Waals surface area contributed by atoms with Crippen LogP contribution in [0.15, 0.2) is 35.6 Å². The van der Waals surface area contributed by atoms with Crippen LogP contribution in [0.25, 0.3) is 0 Å². The van der Waals surface area contributed by atoms with E-state index in [0.29, 0.717) is 16.1 Å². The number of sulfonamides is 1. The smallest absolute Gasteiger partial charge is 0.262 e. The third-order valence-electron chi connectivity index (χ3n) is 2.55. The first-order valence-electron chi connectivity index (χ1n) is 5.46. The molecule has 100 valence electrons. The zero-order valence-corrected chi connectivity index (χ0v) is 12.0. The quantitative estimate of drug-likeness (QED) is 0.945. The highest BCUT2D eigenvalue weighted by Gasteiger charge is 2.18. The van der Waals surface area contributed by atoms with Crippen molar-refractivity contribution < 1.29 is 8.42 Å². The standard InChI is InChI=1S/C12H12ClN3O2S/c1-8-6-11(9(2)5-10(8)13)19(17,18)16-12-7-14-3-4-15-12/h3-7H,1-2H3,(H,15,16). The van der Waals surface area contributed by atoms with Crippen LogP contribution < -0.4 is 4.72 Å². The van der Waals surface area contributed by atoms with Gasteiger partial charge in [-0.15, -0.1) is 0 Å². The summed E-state index contributed by atoms with van der Waals surface area (Å²) in [4.78, 5) is 7.87. The van der Waals surface area contributed by atoms with Gasteiger partial charge in [0.2, 0.25) is 0 Å². The van der Waals surface area contributed by atoms with Crippen LogP contribution >= 0.6 is 11.6 Å². The van der Waals surface area contributed by atoms with Crippen molar-refractivity contribution in [2.24, 2.45) is 0 Å². The minimum Gasteiger partial charge on any atom is -0.262 e. The van der Waals surface area contributed by atoms with E-state index in [2.05, 4.69) is 14.7 Å². The Hall–Kier alpha value is -1.66. The third kappa shape index (κ3) is 3.02. The first-order valence-corrected chi connectivity index (χ1v) is 7.32. The number of halogens is 1. The molecule has 1 heterocycles. The maximum Gasteiger partial charge on any atom is 0.263 e. The fraction of sp³-hybridized carbons (Fsp3) is 0.167. The van der Waals surface area contributed by atoms with Gasteiger partial charge in [0.25, 0.3) is 10.0 Å². The Balaban J connectivity index is 2.43. The van der Waals surface area contributed by atoms with Crippen LogP contribution in [-0.4, -0.2) is 18.4 Å². The summed E-state index contributed by atoms with van der Waals surface area (Å²) in [5.41, 5.74) is 1.28. The second kappa shape index (κ2) is 5.14. The van der Waals surface area contributed by atoms with E-state index >= 15 is 0 Å². The molecule has 0 saturated heterocycles. The minimum atomic E-state index is -3.69. The molecule has 7 heteroatoms. The maximum absolute atomic E-state index is 12.3. The average Bonchev–Trinajstić information content (AvgIpc) is 2.34. The molecule has 0 atom stereocenters. The van der Waals surface area contributed by atoms with Gasteiger partial charge in [0.15, 0.2) is 5.82 Å². The summed E-state index contributed by atoms with van der Waals surface area (Å²) in [5.74, 6) is 0.175. The summed E-state index contributed by atoms with van der Waals surface area (Å²) >= 11 is 5.96. The lowest BCUT2D eigenvalue weighted by molar-refractivity contribution is 0.600. The molecule has 0 aliphatic rings. The minimum absolute atomic E-state index is 0.175. The molecule has 0 saturated carbocycles. The number of hydrogen-bond donors (Lipinski definition) is 1. The lowest BCUT2D eigenvalue weighted by atomic mass is 10.2. The molecule has 0 aliphatic carbocycles. The number of benzene rings is 1. The lowest BCUT2D eigenvalue weighted by Gasteiger charge is -2.11. The van der Waals surface area contributed by atoms with Crippen LogP contribution in [-0.2, 0) is 10.0 Å². The number of rotatable bonds is 3. The fourth-order valence-electron chi connectivity index (χ4n) is 1.59. The number of aromatic nitrogens is 2. The summed E-state index contributed by atoms with van der Waals surface area (Å²) in [6.45, 7) is 3.44. The van der Waals surface area contributed by atoms with Crippen LogP contribution in [0.2, 0.25) is 5.02 Å². The second-order valence-electron chi connectivity index (χ2n) is 4.06. The van der Waals surface area contributed by atoms with Gasteiger partial charge in [-0.3, -0.25) is 9.71 Å². The SMILES string of the molecule is Cc1cc(S(=O)(=O)Nc2cnccn2)c(C)cc1Cl. The Morgan fingerprint density at radius 1 is 1.16 bits per heavy atom. The Morgan fingerprint density at radius 2 is 1.89 bits per heavy atom. The van der Waals surface area contributed by atoms with Crippen LogP contribution in [0.3, 0.4) is 0 Å². The largest absolute Gasteiger partial charge is 0.263 e. The first-order chi connectivity index (χ1) is 8.90. The van der Waals surface area contributed by atoms with Crippen molar-refractivity contribution in [2.75, 3.05) is 4.72 Å². The number of nitrogens with zero attached hydrogens (tertiary/aromatic N) is 2. The Labute approximate surface area is 116 Å². The molecule has 0 bridgehead atoms. The molecule has 0 radical (unpaired) electrons. The molecule has 2 rings (SSSR count). The molecule has 1 N–H and O–H groups in total. The van der Waals surface area contributed by atoms with Crippen molar-refractivity contribution in [3.8, 4) is 0 Å². The molecule has 0 aliphatic heterocycles. The van der Waals surface area contributed by atoms with Crippen molar-refractivity contribution in [1.82, 2.24) is 9.97 Å². The summed E-state index contributed by atoms with van der Waals surface area (Å²) in [6, 6.07) is 3.17. The van der Waals surface area contributed by atoms with E-state index in [9.17, 15) is 8.42 Å². The molecule has 0 amide bonds. The van der Waals surface area contributed by atoms with Gasteiger partial charge in [-0.2, -0.15) is 0 Å². The highest BCUT2D eigenvalue weighted by atomic mass is 35.5. The summed E-state index contributed by atoms with van der Waals surface area (Å²) < 4.78 is 26.9. The number of aryl methyl sites for hydroxylation is 2. The van der Waals surface area contributed by atoms with Gasteiger partial charge in [0.05, 0.1) is 11.1 Å². The number of nitrogens with one attached hydrogen (secondary N) is 1. The van der Waals surface area contributed by atoms with E-state index in [1.54, 1.807) is 19.9 Å². The average molecular weight is 298 g/mol. The van der Waals surface area contributed by atoms with Gasteiger partial charge >= 0.3 is 0 Å². The van der Waals surface area contributed by atoms with Crippen molar-refractivity contribution in [1.29, 1.82) is 0 Å². The molecule has 0 fully saturated rings. The number of anilines is 1. The molecule has 19 heavy (non-hydrogen) atoms. The predicted molar refractivity (Wildman–Crippen MR) is 73.8 cm³/mol.